The van der Waals surface area contributed by atoms with E-state index in [4.69, 9.17) is 17.2 Å². The lowest BCUT2D eigenvalue weighted by molar-refractivity contribution is 0.641. The molecule has 0 amide bonds. The molecule has 0 bridgehead atoms. The molecule has 3 nitrogen and oxygen atoms in total. The molecular formula is C21H25N3. The second-order valence-electron chi connectivity index (χ2n) is 6.28. The van der Waals surface area contributed by atoms with E-state index in [0.29, 0.717) is 0 Å². The van der Waals surface area contributed by atoms with Crippen molar-refractivity contribution in [3.05, 3.63) is 90.0 Å². The smallest absolute Gasteiger partial charge is 0.0314 e. The molecule has 0 aliphatic heterocycles. The fraction of sp³-hybridized carbons (Fsp3) is 0.143. The third-order valence-electron chi connectivity index (χ3n) is 4.06. The van der Waals surface area contributed by atoms with E-state index >= 15 is 0 Å². The van der Waals surface area contributed by atoms with E-state index < -0.39 is 0 Å². The molecule has 3 rings (SSSR count). The summed E-state index contributed by atoms with van der Waals surface area (Å²) in [6, 6.07) is 25.5. The van der Waals surface area contributed by atoms with Gasteiger partial charge < -0.3 is 17.2 Å². The maximum absolute atomic E-state index is 5.71. The molecule has 0 unspecified atom stereocenters. The van der Waals surface area contributed by atoms with Crippen LogP contribution in [0, 0.1) is 0 Å². The van der Waals surface area contributed by atoms with Gasteiger partial charge in [0.1, 0.15) is 0 Å². The molecule has 6 N–H and O–H groups in total. The van der Waals surface area contributed by atoms with Crippen molar-refractivity contribution < 1.29 is 0 Å². The van der Waals surface area contributed by atoms with E-state index in [2.05, 4.69) is 38.1 Å². The minimum atomic E-state index is -0.0403. The third kappa shape index (κ3) is 4.53. The Morgan fingerprint density at radius 2 is 0.833 bits per heavy atom. The summed E-state index contributed by atoms with van der Waals surface area (Å²) in [6.45, 7) is 4.40. The Hall–Kier alpha value is -2.94. The number of hydrogen-bond donors (Lipinski definition) is 3. The van der Waals surface area contributed by atoms with Crippen molar-refractivity contribution >= 4 is 17.1 Å². The third-order valence-corrected chi connectivity index (χ3v) is 4.06. The first-order valence-corrected chi connectivity index (χ1v) is 7.92. The second kappa shape index (κ2) is 7.55. The van der Waals surface area contributed by atoms with Gasteiger partial charge in [-0.1, -0.05) is 56.3 Å². The van der Waals surface area contributed by atoms with E-state index in [1.165, 1.54) is 11.1 Å². The number of nitrogens with two attached hydrogens (primary N) is 3. The molecular weight excluding hydrogens is 294 g/mol. The molecule has 0 aromatic heterocycles. The summed E-state index contributed by atoms with van der Waals surface area (Å²) in [5.74, 6) is 0. The SMILES string of the molecule is CC(C)(c1ccc(N)cc1)c1ccc(N)cc1.Nc1ccccc1. The summed E-state index contributed by atoms with van der Waals surface area (Å²) in [6.07, 6.45) is 0. The Morgan fingerprint density at radius 1 is 0.500 bits per heavy atom. The van der Waals surface area contributed by atoms with E-state index in [-0.39, 0.29) is 5.41 Å². The molecule has 0 saturated heterocycles. The van der Waals surface area contributed by atoms with E-state index in [1.807, 2.05) is 54.6 Å². The molecule has 0 radical (unpaired) electrons. The van der Waals surface area contributed by atoms with E-state index in [0.717, 1.165) is 17.1 Å². The van der Waals surface area contributed by atoms with E-state index in [1.54, 1.807) is 0 Å². The van der Waals surface area contributed by atoms with Crippen LogP contribution in [0.4, 0.5) is 17.1 Å². The zero-order valence-corrected chi connectivity index (χ0v) is 14.2. The number of nitrogen functional groups attached to an aromatic ring is 3. The second-order valence-corrected chi connectivity index (χ2v) is 6.28. The number of para-hydroxylation sites is 1. The summed E-state index contributed by atoms with van der Waals surface area (Å²) < 4.78 is 0. The van der Waals surface area contributed by atoms with Crippen molar-refractivity contribution in [3.63, 3.8) is 0 Å². The quantitative estimate of drug-likeness (QED) is 0.611. The van der Waals surface area contributed by atoms with Crippen LogP contribution >= 0.6 is 0 Å². The Balaban J connectivity index is 0.000000249. The highest BCUT2D eigenvalue weighted by molar-refractivity contribution is 5.47. The Kier molecular flexibility index (Phi) is 5.48. The summed E-state index contributed by atoms with van der Waals surface area (Å²) in [5, 5.41) is 0. The first kappa shape index (κ1) is 17.4. The average molecular weight is 319 g/mol. The Morgan fingerprint density at radius 3 is 1.12 bits per heavy atom. The zero-order chi connectivity index (χ0) is 17.6. The maximum atomic E-state index is 5.71. The van der Waals surface area contributed by atoms with Crippen molar-refractivity contribution in [2.45, 2.75) is 19.3 Å². The first-order chi connectivity index (χ1) is 11.4. The summed E-state index contributed by atoms with van der Waals surface area (Å²) in [7, 11) is 0. The van der Waals surface area contributed by atoms with Gasteiger partial charge in [0.15, 0.2) is 0 Å². The van der Waals surface area contributed by atoms with Crippen LogP contribution < -0.4 is 17.2 Å². The normalized spacial score (nSPS) is 10.6. The van der Waals surface area contributed by atoms with Crippen molar-refractivity contribution in [2.24, 2.45) is 0 Å². The van der Waals surface area contributed by atoms with Crippen molar-refractivity contribution in [2.75, 3.05) is 17.2 Å². The fourth-order valence-corrected chi connectivity index (χ4v) is 2.42. The molecule has 0 heterocycles. The zero-order valence-electron chi connectivity index (χ0n) is 14.2. The van der Waals surface area contributed by atoms with Gasteiger partial charge in [0.25, 0.3) is 0 Å². The van der Waals surface area contributed by atoms with Gasteiger partial charge in [-0.25, -0.2) is 0 Å². The van der Waals surface area contributed by atoms with Crippen LogP contribution in [0.2, 0.25) is 0 Å². The number of rotatable bonds is 2. The minimum Gasteiger partial charge on any atom is -0.399 e. The number of benzene rings is 3. The van der Waals surface area contributed by atoms with Crippen LogP contribution in [0.1, 0.15) is 25.0 Å². The molecule has 0 spiro atoms. The standard InChI is InChI=1S/C15H18N2.C6H7N/c1-15(2,11-3-7-13(16)8-4-11)12-5-9-14(17)10-6-12;7-6-4-2-1-3-5-6/h3-10H,16-17H2,1-2H3;1-5H,7H2. The van der Waals surface area contributed by atoms with Crippen molar-refractivity contribution in [1.82, 2.24) is 0 Å². The van der Waals surface area contributed by atoms with Gasteiger partial charge in [-0.2, -0.15) is 0 Å². The lowest BCUT2D eigenvalue weighted by atomic mass is 9.78. The molecule has 0 fully saturated rings. The largest absolute Gasteiger partial charge is 0.399 e. The van der Waals surface area contributed by atoms with Gasteiger partial charge in [0.2, 0.25) is 0 Å². The summed E-state index contributed by atoms with van der Waals surface area (Å²) in [5.41, 5.74) is 21.6. The molecule has 3 aromatic carbocycles. The van der Waals surface area contributed by atoms with Crippen molar-refractivity contribution in [1.29, 1.82) is 0 Å². The predicted molar refractivity (Wildman–Crippen MR) is 105 cm³/mol. The minimum absolute atomic E-state index is 0.0403. The predicted octanol–water partition coefficient (Wildman–Crippen LogP) is 4.45. The molecule has 3 heteroatoms. The molecule has 24 heavy (non-hydrogen) atoms. The lowest BCUT2D eigenvalue weighted by Crippen LogP contribution is -2.18. The molecule has 0 aliphatic rings. The highest BCUT2D eigenvalue weighted by Gasteiger charge is 2.22. The number of hydrogen-bond acceptors (Lipinski definition) is 3. The molecule has 0 aliphatic carbocycles. The molecule has 0 atom stereocenters. The molecule has 124 valence electrons. The number of anilines is 3. The van der Waals surface area contributed by atoms with Crippen LogP contribution in [-0.4, -0.2) is 0 Å². The van der Waals surface area contributed by atoms with Gasteiger partial charge in [-0.15, -0.1) is 0 Å². The highest BCUT2D eigenvalue weighted by Crippen LogP contribution is 2.32. The fourth-order valence-electron chi connectivity index (χ4n) is 2.42. The molecule has 0 saturated carbocycles. The van der Waals surface area contributed by atoms with Gasteiger partial charge in [-0.3, -0.25) is 0 Å². The van der Waals surface area contributed by atoms with Crippen LogP contribution in [0.15, 0.2) is 78.9 Å². The van der Waals surface area contributed by atoms with Gasteiger partial charge >= 0.3 is 0 Å². The topological polar surface area (TPSA) is 78.1 Å². The Labute approximate surface area is 144 Å². The van der Waals surface area contributed by atoms with E-state index in [9.17, 15) is 0 Å². The molecule has 3 aromatic rings. The average Bonchev–Trinajstić information content (AvgIpc) is 2.57. The summed E-state index contributed by atoms with van der Waals surface area (Å²) >= 11 is 0. The van der Waals surface area contributed by atoms with Crippen LogP contribution in [0.3, 0.4) is 0 Å². The lowest BCUT2D eigenvalue weighted by Gasteiger charge is -2.26. The monoisotopic (exact) mass is 319 g/mol. The highest BCUT2D eigenvalue weighted by atomic mass is 14.5. The Bertz CT molecular complexity index is 698. The van der Waals surface area contributed by atoms with Gasteiger partial charge in [-0.05, 0) is 47.5 Å². The van der Waals surface area contributed by atoms with Gasteiger partial charge in [0, 0.05) is 22.5 Å². The first-order valence-electron chi connectivity index (χ1n) is 7.92. The van der Waals surface area contributed by atoms with Crippen LogP contribution in [0.5, 0.6) is 0 Å². The van der Waals surface area contributed by atoms with Crippen LogP contribution in [0.25, 0.3) is 0 Å². The van der Waals surface area contributed by atoms with Crippen molar-refractivity contribution in [3.8, 4) is 0 Å². The van der Waals surface area contributed by atoms with Crippen LogP contribution in [-0.2, 0) is 5.41 Å². The summed E-state index contributed by atoms with van der Waals surface area (Å²) in [4.78, 5) is 0. The maximum Gasteiger partial charge on any atom is 0.0314 e. The van der Waals surface area contributed by atoms with Gasteiger partial charge in [0.05, 0.1) is 0 Å².